The van der Waals surface area contributed by atoms with E-state index < -0.39 is 12.0 Å². The number of hydrogen-bond donors (Lipinski definition) is 1. The van der Waals surface area contributed by atoms with Crippen LogP contribution in [0.15, 0.2) is 54.6 Å². The Hall–Kier alpha value is -2.62. The summed E-state index contributed by atoms with van der Waals surface area (Å²) in [5.41, 5.74) is 3.29. The fourth-order valence-electron chi connectivity index (χ4n) is 3.48. The van der Waals surface area contributed by atoms with Crippen LogP contribution in [0.5, 0.6) is 0 Å². The van der Waals surface area contributed by atoms with Gasteiger partial charge < -0.3 is 10.1 Å². The lowest BCUT2D eigenvalue weighted by Gasteiger charge is -2.26. The molecule has 0 aromatic heterocycles. The van der Waals surface area contributed by atoms with Crippen molar-refractivity contribution in [2.24, 2.45) is 0 Å². The van der Waals surface area contributed by atoms with E-state index in [4.69, 9.17) is 4.74 Å². The lowest BCUT2D eigenvalue weighted by molar-refractivity contribution is -0.145. The van der Waals surface area contributed by atoms with Gasteiger partial charge in [-0.25, -0.2) is 4.79 Å². The van der Waals surface area contributed by atoms with Gasteiger partial charge in [-0.05, 0) is 36.0 Å². The molecule has 0 heterocycles. The van der Waals surface area contributed by atoms with Crippen LogP contribution in [0.1, 0.15) is 35.4 Å². The Kier molecular flexibility index (Phi) is 5.49. The minimum Gasteiger partial charge on any atom is -0.467 e. The van der Waals surface area contributed by atoms with Crippen molar-refractivity contribution in [2.45, 2.75) is 37.6 Å². The minimum atomic E-state index is -0.672. The van der Waals surface area contributed by atoms with E-state index in [0.717, 1.165) is 30.4 Å². The molecule has 4 heteroatoms. The molecule has 25 heavy (non-hydrogen) atoms. The van der Waals surface area contributed by atoms with Crippen LogP contribution in [-0.4, -0.2) is 25.0 Å². The molecule has 1 aliphatic carbocycles. The van der Waals surface area contributed by atoms with Gasteiger partial charge in [-0.15, -0.1) is 0 Å². The van der Waals surface area contributed by atoms with Gasteiger partial charge in [0.25, 0.3) is 0 Å². The van der Waals surface area contributed by atoms with E-state index in [1.807, 2.05) is 48.5 Å². The van der Waals surface area contributed by atoms with Gasteiger partial charge in [-0.3, -0.25) is 4.79 Å². The number of carbonyl (C=O) groups is 2. The summed E-state index contributed by atoms with van der Waals surface area (Å²) in [6.07, 6.45) is 3.22. The molecule has 1 aliphatic rings. The number of ether oxygens (including phenoxy) is 1. The molecule has 2 atom stereocenters. The molecule has 2 aromatic carbocycles. The summed E-state index contributed by atoms with van der Waals surface area (Å²) < 4.78 is 4.89. The van der Waals surface area contributed by atoms with Crippen molar-refractivity contribution in [3.8, 4) is 0 Å². The number of hydrogen-bond acceptors (Lipinski definition) is 3. The molecule has 0 radical (unpaired) electrons. The molecule has 0 aliphatic heterocycles. The van der Waals surface area contributed by atoms with Gasteiger partial charge in [-0.2, -0.15) is 0 Å². The van der Waals surface area contributed by atoms with E-state index in [1.54, 1.807) is 0 Å². The van der Waals surface area contributed by atoms with Crippen molar-refractivity contribution in [2.75, 3.05) is 7.11 Å². The summed E-state index contributed by atoms with van der Waals surface area (Å²) in [6, 6.07) is 17.0. The Morgan fingerprint density at radius 2 is 1.84 bits per heavy atom. The Morgan fingerprint density at radius 3 is 2.60 bits per heavy atom. The van der Waals surface area contributed by atoms with Crippen LogP contribution in [0.25, 0.3) is 0 Å². The fraction of sp³-hybridized carbons (Fsp3) is 0.333. The zero-order chi connectivity index (χ0) is 17.6. The highest BCUT2D eigenvalue weighted by molar-refractivity contribution is 5.89. The Balaban J connectivity index is 1.76. The third kappa shape index (κ3) is 4.08. The summed E-state index contributed by atoms with van der Waals surface area (Å²) in [4.78, 5) is 25.0. The van der Waals surface area contributed by atoms with Gasteiger partial charge >= 0.3 is 5.97 Å². The average molecular weight is 337 g/mol. The molecule has 1 N–H and O–H groups in total. The van der Waals surface area contributed by atoms with E-state index in [9.17, 15) is 9.59 Å². The van der Waals surface area contributed by atoms with Crippen molar-refractivity contribution < 1.29 is 14.3 Å². The molecule has 0 bridgehead atoms. The molecule has 1 amide bonds. The van der Waals surface area contributed by atoms with Crippen LogP contribution in [0.3, 0.4) is 0 Å². The summed E-state index contributed by atoms with van der Waals surface area (Å²) >= 11 is 0. The number of methoxy groups -OCH3 is 1. The predicted molar refractivity (Wildman–Crippen MR) is 96.2 cm³/mol. The molecule has 1 unspecified atom stereocenters. The molecule has 0 spiro atoms. The van der Waals surface area contributed by atoms with E-state index >= 15 is 0 Å². The first-order valence-corrected chi connectivity index (χ1v) is 8.69. The third-order valence-electron chi connectivity index (χ3n) is 4.77. The molecule has 0 saturated heterocycles. The largest absolute Gasteiger partial charge is 0.467 e. The molecule has 130 valence electrons. The lowest BCUT2D eigenvalue weighted by Crippen LogP contribution is -2.45. The van der Waals surface area contributed by atoms with Gasteiger partial charge in [0, 0.05) is 6.42 Å². The number of benzene rings is 2. The highest BCUT2D eigenvalue weighted by Crippen LogP contribution is 2.31. The number of carbonyl (C=O) groups excluding carboxylic acids is 2. The quantitative estimate of drug-likeness (QED) is 0.853. The summed E-state index contributed by atoms with van der Waals surface area (Å²) in [6.45, 7) is 0. The van der Waals surface area contributed by atoms with Crippen molar-refractivity contribution in [1.82, 2.24) is 5.32 Å². The molecule has 3 rings (SSSR count). The monoisotopic (exact) mass is 337 g/mol. The second-order valence-electron chi connectivity index (χ2n) is 6.42. The van der Waals surface area contributed by atoms with E-state index in [1.165, 1.54) is 12.7 Å². The number of rotatable bonds is 5. The zero-order valence-corrected chi connectivity index (χ0v) is 14.4. The normalized spacial score (nSPS) is 17.2. The zero-order valence-electron chi connectivity index (χ0n) is 14.4. The fourth-order valence-corrected chi connectivity index (χ4v) is 3.48. The maximum atomic E-state index is 12.9. The third-order valence-corrected chi connectivity index (χ3v) is 4.77. The first-order chi connectivity index (χ1) is 12.2. The molecular formula is C21H23NO3. The number of nitrogens with one attached hydrogen (secondary N) is 1. The van der Waals surface area contributed by atoms with Crippen LogP contribution in [0, 0.1) is 0 Å². The molecule has 4 nitrogen and oxygen atoms in total. The first kappa shape index (κ1) is 17.2. The summed E-state index contributed by atoms with van der Waals surface area (Å²) in [5.74, 6) is -0.715. The van der Waals surface area contributed by atoms with Crippen LogP contribution >= 0.6 is 0 Å². The van der Waals surface area contributed by atoms with Gasteiger partial charge in [0.05, 0.1) is 13.0 Å². The van der Waals surface area contributed by atoms with Crippen molar-refractivity contribution >= 4 is 11.9 Å². The number of esters is 1. The van der Waals surface area contributed by atoms with Crippen molar-refractivity contribution in [3.05, 3.63) is 71.3 Å². The average Bonchev–Trinajstić information content (AvgIpc) is 2.67. The summed E-state index contributed by atoms with van der Waals surface area (Å²) in [7, 11) is 1.35. The standard InChI is InChI=1S/C21H23NO3/c1-25-21(24)19(14-15-8-3-2-4-9-15)22-20(23)18-13-7-11-16-10-5-6-12-17(16)18/h2-6,8-10,12,18-19H,7,11,13-14H2,1H3,(H,22,23)/t18?,19-/m0/s1. The van der Waals surface area contributed by atoms with E-state index in [-0.39, 0.29) is 11.8 Å². The number of amides is 1. The van der Waals surface area contributed by atoms with Crippen molar-refractivity contribution in [1.29, 1.82) is 0 Å². The van der Waals surface area contributed by atoms with Gasteiger partial charge in [0.2, 0.25) is 5.91 Å². The number of fused-ring (bicyclic) bond motifs is 1. The van der Waals surface area contributed by atoms with Gasteiger partial charge in [-0.1, -0.05) is 54.6 Å². The molecule has 0 saturated carbocycles. The van der Waals surface area contributed by atoms with E-state index in [0.29, 0.717) is 6.42 Å². The molecule has 0 fully saturated rings. The highest BCUT2D eigenvalue weighted by Gasteiger charge is 2.30. The second-order valence-corrected chi connectivity index (χ2v) is 6.42. The molecule has 2 aromatic rings. The summed E-state index contributed by atoms with van der Waals surface area (Å²) in [5, 5.41) is 2.91. The molecular weight excluding hydrogens is 314 g/mol. The van der Waals surface area contributed by atoms with Gasteiger partial charge in [0.15, 0.2) is 0 Å². The van der Waals surface area contributed by atoms with Crippen LogP contribution in [0.4, 0.5) is 0 Å². The minimum absolute atomic E-state index is 0.0986. The van der Waals surface area contributed by atoms with Crippen LogP contribution < -0.4 is 5.32 Å². The highest BCUT2D eigenvalue weighted by atomic mass is 16.5. The predicted octanol–water partition coefficient (Wildman–Crippen LogP) is 3.01. The topological polar surface area (TPSA) is 55.4 Å². The first-order valence-electron chi connectivity index (χ1n) is 8.69. The van der Waals surface area contributed by atoms with Crippen LogP contribution in [0.2, 0.25) is 0 Å². The maximum Gasteiger partial charge on any atom is 0.328 e. The maximum absolute atomic E-state index is 12.9. The van der Waals surface area contributed by atoms with Gasteiger partial charge in [0.1, 0.15) is 6.04 Å². The van der Waals surface area contributed by atoms with E-state index in [2.05, 4.69) is 11.4 Å². The smallest absolute Gasteiger partial charge is 0.328 e. The number of aryl methyl sites for hydroxylation is 1. The second kappa shape index (κ2) is 7.97. The van der Waals surface area contributed by atoms with Crippen LogP contribution in [-0.2, 0) is 27.2 Å². The van der Waals surface area contributed by atoms with Crippen molar-refractivity contribution in [3.63, 3.8) is 0 Å². The Morgan fingerprint density at radius 1 is 1.12 bits per heavy atom. The lowest BCUT2D eigenvalue weighted by atomic mass is 9.82. The Labute approximate surface area is 148 Å². The SMILES string of the molecule is COC(=O)[C@H](Cc1ccccc1)NC(=O)C1CCCc2ccccc21. The Bertz CT molecular complexity index is 742.